The number of aliphatic hydroxyl groups is 1. The number of hydrogen-bond acceptors (Lipinski definition) is 6. The van der Waals surface area contributed by atoms with Crippen LogP contribution in [0.4, 0.5) is 0 Å². The van der Waals surface area contributed by atoms with Crippen molar-refractivity contribution in [3.8, 4) is 5.75 Å². The van der Waals surface area contributed by atoms with Crippen LogP contribution in [0.2, 0.25) is 5.02 Å². The van der Waals surface area contributed by atoms with E-state index in [0.29, 0.717) is 48.1 Å². The van der Waals surface area contributed by atoms with Crippen molar-refractivity contribution in [3.05, 3.63) is 64.4 Å². The first-order valence-electron chi connectivity index (χ1n) is 9.59. The van der Waals surface area contributed by atoms with Crippen molar-refractivity contribution in [3.63, 3.8) is 0 Å². The molecule has 0 aliphatic carbocycles. The van der Waals surface area contributed by atoms with Gasteiger partial charge in [0.15, 0.2) is 0 Å². The average Bonchev–Trinajstić information content (AvgIpc) is 3.01. The second-order valence-corrected chi connectivity index (χ2v) is 7.11. The van der Waals surface area contributed by atoms with Crippen molar-refractivity contribution >= 4 is 29.1 Å². The SMILES string of the molecule is CCOc1cc(/C(O)=C2/C(=O)C(=O)N(CCCOC)C2c2cccnc2)ccc1Cl. The second-order valence-electron chi connectivity index (χ2n) is 6.70. The third-order valence-electron chi connectivity index (χ3n) is 4.79. The van der Waals surface area contributed by atoms with Gasteiger partial charge in [-0.15, -0.1) is 0 Å². The van der Waals surface area contributed by atoms with Crippen molar-refractivity contribution in [1.82, 2.24) is 9.88 Å². The predicted octanol–water partition coefficient (Wildman–Crippen LogP) is 3.59. The summed E-state index contributed by atoms with van der Waals surface area (Å²) in [6.07, 6.45) is 3.74. The summed E-state index contributed by atoms with van der Waals surface area (Å²) in [5.74, 6) is -1.31. The highest BCUT2D eigenvalue weighted by molar-refractivity contribution is 6.46. The van der Waals surface area contributed by atoms with Gasteiger partial charge < -0.3 is 19.5 Å². The molecule has 1 fully saturated rings. The number of amides is 1. The maximum absolute atomic E-state index is 12.9. The molecule has 0 bridgehead atoms. The van der Waals surface area contributed by atoms with Crippen LogP contribution in [0.15, 0.2) is 48.3 Å². The Morgan fingerprint density at radius 2 is 2.10 bits per heavy atom. The van der Waals surface area contributed by atoms with Crippen molar-refractivity contribution in [1.29, 1.82) is 0 Å². The van der Waals surface area contributed by atoms with Gasteiger partial charge in [-0.1, -0.05) is 17.7 Å². The minimum absolute atomic E-state index is 0.00943. The lowest BCUT2D eigenvalue weighted by Gasteiger charge is -2.25. The number of rotatable bonds is 8. The number of aliphatic hydroxyl groups excluding tert-OH is 1. The van der Waals surface area contributed by atoms with E-state index in [1.54, 1.807) is 49.8 Å². The van der Waals surface area contributed by atoms with Gasteiger partial charge >= 0.3 is 0 Å². The molecular formula is C22H23ClN2O5. The first kappa shape index (κ1) is 21.8. The van der Waals surface area contributed by atoms with Gasteiger partial charge in [0.2, 0.25) is 0 Å². The van der Waals surface area contributed by atoms with Crippen molar-refractivity contribution in [2.24, 2.45) is 0 Å². The molecule has 0 spiro atoms. The number of carbonyl (C=O) groups excluding carboxylic acids is 2. The molecule has 1 N–H and O–H groups in total. The number of pyridine rings is 1. The van der Waals surface area contributed by atoms with Crippen LogP contribution in [0.25, 0.3) is 5.76 Å². The molecule has 7 nitrogen and oxygen atoms in total. The molecule has 8 heteroatoms. The Morgan fingerprint density at radius 3 is 2.77 bits per heavy atom. The first-order valence-corrected chi connectivity index (χ1v) is 9.97. The molecule has 1 aliphatic rings. The van der Waals surface area contributed by atoms with Gasteiger partial charge in [0.25, 0.3) is 11.7 Å². The summed E-state index contributed by atoms with van der Waals surface area (Å²) >= 11 is 6.14. The molecule has 1 amide bonds. The van der Waals surface area contributed by atoms with Crippen LogP contribution in [-0.4, -0.2) is 53.5 Å². The third-order valence-corrected chi connectivity index (χ3v) is 5.10. The molecule has 1 aromatic heterocycles. The van der Waals surface area contributed by atoms with Crippen LogP contribution in [0, 0.1) is 0 Å². The molecule has 0 radical (unpaired) electrons. The van der Waals surface area contributed by atoms with Gasteiger partial charge in [-0.3, -0.25) is 14.6 Å². The number of hydrogen-bond donors (Lipinski definition) is 1. The van der Waals surface area contributed by atoms with Gasteiger partial charge in [-0.05, 0) is 43.2 Å². The Balaban J connectivity index is 2.11. The Hall–Kier alpha value is -2.90. The lowest BCUT2D eigenvalue weighted by atomic mass is 9.96. The highest BCUT2D eigenvalue weighted by atomic mass is 35.5. The number of ether oxygens (including phenoxy) is 2. The molecule has 0 saturated carbocycles. The zero-order chi connectivity index (χ0) is 21.7. The van der Waals surface area contributed by atoms with E-state index in [4.69, 9.17) is 21.1 Å². The fraction of sp³-hybridized carbons (Fsp3) is 0.318. The summed E-state index contributed by atoms with van der Waals surface area (Å²) < 4.78 is 10.6. The molecule has 30 heavy (non-hydrogen) atoms. The zero-order valence-electron chi connectivity index (χ0n) is 16.8. The van der Waals surface area contributed by atoms with Gasteiger partial charge in [0.05, 0.1) is 23.2 Å². The van der Waals surface area contributed by atoms with Crippen LogP contribution in [0.1, 0.15) is 30.5 Å². The fourth-order valence-electron chi connectivity index (χ4n) is 3.45. The average molecular weight is 431 g/mol. The molecular weight excluding hydrogens is 408 g/mol. The Labute approximate surface area is 179 Å². The van der Waals surface area contributed by atoms with Gasteiger partial charge in [-0.2, -0.15) is 0 Å². The Bertz CT molecular complexity index is 961. The van der Waals surface area contributed by atoms with E-state index in [-0.39, 0.29) is 11.3 Å². The molecule has 1 aliphatic heterocycles. The van der Waals surface area contributed by atoms with Crippen molar-refractivity contribution in [2.45, 2.75) is 19.4 Å². The fourth-order valence-corrected chi connectivity index (χ4v) is 3.62. The number of methoxy groups -OCH3 is 1. The highest BCUT2D eigenvalue weighted by Gasteiger charge is 2.45. The summed E-state index contributed by atoms with van der Waals surface area (Å²) in [6.45, 7) is 2.96. The third kappa shape index (κ3) is 4.32. The summed E-state index contributed by atoms with van der Waals surface area (Å²) in [5, 5.41) is 11.4. The number of carbonyl (C=O) groups is 2. The maximum atomic E-state index is 12.9. The predicted molar refractivity (Wildman–Crippen MR) is 112 cm³/mol. The van der Waals surface area contributed by atoms with Gasteiger partial charge in [-0.25, -0.2) is 0 Å². The van der Waals surface area contributed by atoms with Crippen LogP contribution < -0.4 is 4.74 Å². The number of aromatic nitrogens is 1. The normalized spacial score (nSPS) is 18.1. The number of likely N-dealkylation sites (tertiary alicyclic amines) is 1. The number of nitrogens with zero attached hydrogens (tertiary/aromatic N) is 2. The van der Waals surface area contributed by atoms with Crippen molar-refractivity contribution < 1.29 is 24.2 Å². The molecule has 2 heterocycles. The van der Waals surface area contributed by atoms with E-state index < -0.39 is 17.7 Å². The van der Waals surface area contributed by atoms with Gasteiger partial charge in [0.1, 0.15) is 11.5 Å². The zero-order valence-corrected chi connectivity index (χ0v) is 17.6. The molecule has 1 atom stereocenters. The van der Waals surface area contributed by atoms with E-state index in [0.717, 1.165) is 0 Å². The summed E-state index contributed by atoms with van der Waals surface area (Å²) in [5.41, 5.74) is 0.983. The number of ketones is 1. The minimum atomic E-state index is -0.748. The lowest BCUT2D eigenvalue weighted by molar-refractivity contribution is -0.140. The summed E-state index contributed by atoms with van der Waals surface area (Å²) in [7, 11) is 1.57. The van der Waals surface area contributed by atoms with Crippen LogP contribution >= 0.6 is 11.6 Å². The molecule has 2 aromatic rings. The Morgan fingerprint density at radius 1 is 1.30 bits per heavy atom. The van der Waals surface area contributed by atoms with Crippen LogP contribution in [0.5, 0.6) is 5.75 Å². The summed E-state index contributed by atoms with van der Waals surface area (Å²) in [4.78, 5) is 31.2. The van der Waals surface area contributed by atoms with Crippen molar-refractivity contribution in [2.75, 3.05) is 26.9 Å². The number of halogens is 1. The molecule has 158 valence electrons. The lowest BCUT2D eigenvalue weighted by Crippen LogP contribution is -2.31. The van der Waals surface area contributed by atoms with E-state index >= 15 is 0 Å². The maximum Gasteiger partial charge on any atom is 0.295 e. The largest absolute Gasteiger partial charge is 0.507 e. The van der Waals surface area contributed by atoms with Crippen LogP contribution in [-0.2, 0) is 14.3 Å². The summed E-state index contributed by atoms with van der Waals surface area (Å²) in [6, 6.07) is 7.46. The van der Waals surface area contributed by atoms with E-state index in [9.17, 15) is 14.7 Å². The van der Waals surface area contributed by atoms with E-state index in [2.05, 4.69) is 4.98 Å². The molecule has 1 unspecified atom stereocenters. The van der Waals surface area contributed by atoms with Gasteiger partial charge in [0, 0.05) is 38.2 Å². The van der Waals surface area contributed by atoms with Crippen LogP contribution in [0.3, 0.4) is 0 Å². The smallest absolute Gasteiger partial charge is 0.295 e. The Kier molecular flexibility index (Phi) is 7.07. The number of benzene rings is 1. The monoisotopic (exact) mass is 430 g/mol. The standard InChI is InChI=1S/C22H23ClN2O5/c1-3-30-17-12-14(7-8-16(17)23)20(26)18-19(15-6-4-9-24-13-15)25(10-5-11-29-2)22(28)21(18)27/h4,6-9,12-13,19,26H,3,5,10-11H2,1-2H3/b20-18-. The van der Waals surface area contributed by atoms with E-state index in [1.807, 2.05) is 6.92 Å². The highest BCUT2D eigenvalue weighted by Crippen LogP contribution is 2.40. The number of Topliss-reactive ketones (excluding diaryl/α,β-unsaturated/α-hetero) is 1. The second kappa shape index (κ2) is 9.73. The topological polar surface area (TPSA) is 89.0 Å². The first-order chi connectivity index (χ1) is 14.5. The molecule has 1 saturated heterocycles. The quantitative estimate of drug-likeness (QED) is 0.298. The van der Waals surface area contributed by atoms with E-state index in [1.165, 1.54) is 4.90 Å². The molecule has 1 aromatic carbocycles. The minimum Gasteiger partial charge on any atom is -0.507 e. The molecule has 3 rings (SSSR count).